The molecule has 3 saturated heterocycles. The summed E-state index contributed by atoms with van der Waals surface area (Å²) in [5.74, 6) is 0. The van der Waals surface area contributed by atoms with Gasteiger partial charge in [0.2, 0.25) is 0 Å². The quantitative estimate of drug-likeness (QED) is 0.735. The molecule has 0 unspecified atom stereocenters. The largest absolute Gasteiger partial charge is 0.314 e. The first-order valence-electron chi connectivity index (χ1n) is 8.45. The van der Waals surface area contributed by atoms with Crippen molar-refractivity contribution in [2.24, 2.45) is 0 Å². The van der Waals surface area contributed by atoms with Crippen LogP contribution in [0.2, 0.25) is 0 Å². The van der Waals surface area contributed by atoms with Crippen molar-refractivity contribution < 1.29 is 0 Å². The van der Waals surface area contributed by atoms with E-state index in [1.165, 1.54) is 71.4 Å². The molecule has 23 heavy (non-hydrogen) atoms. The molecule has 4 heteroatoms. The van der Waals surface area contributed by atoms with Gasteiger partial charge in [-0.15, -0.1) is 0 Å². The van der Waals surface area contributed by atoms with Crippen molar-refractivity contribution in [3.8, 4) is 0 Å². The van der Waals surface area contributed by atoms with Crippen molar-refractivity contribution in [1.82, 2.24) is 20.0 Å². The van der Waals surface area contributed by atoms with E-state index in [4.69, 9.17) is 0 Å². The number of likely N-dealkylation sites (tertiary alicyclic amines) is 2. The van der Waals surface area contributed by atoms with E-state index in [-0.39, 0.29) is 22.3 Å². The molecule has 0 aromatic rings. The van der Waals surface area contributed by atoms with Crippen LogP contribution >= 0.6 is 0 Å². The fraction of sp³-hybridized carbons (Fsp3) is 1.00. The lowest BCUT2D eigenvalue weighted by Gasteiger charge is -2.21. The zero-order valence-electron chi connectivity index (χ0n) is 14.0. The Kier molecular flexibility index (Phi) is 21.9. The van der Waals surface area contributed by atoms with Crippen LogP contribution in [-0.4, -0.2) is 88.2 Å². The summed E-state index contributed by atoms with van der Waals surface area (Å²) in [4.78, 5) is 7.08. The maximum atomic E-state index is 3.27. The Hall–Kier alpha value is -0.160. The van der Waals surface area contributed by atoms with E-state index in [0.717, 1.165) is 13.1 Å². The number of nitrogens with zero attached hydrogens (tertiary/aromatic N) is 3. The lowest BCUT2D eigenvalue weighted by Crippen LogP contribution is -2.40. The normalized spacial score (nSPS) is 22.0. The highest BCUT2D eigenvalue weighted by Gasteiger charge is 2.03. The SMILES string of the molecule is C.C.C.CN1CCCC1.CN1CCCCC1.CN1CCNCC1. The van der Waals surface area contributed by atoms with Gasteiger partial charge in [-0.3, -0.25) is 0 Å². The summed E-state index contributed by atoms with van der Waals surface area (Å²) in [6.45, 7) is 10.0. The minimum Gasteiger partial charge on any atom is -0.314 e. The van der Waals surface area contributed by atoms with Crippen LogP contribution in [0, 0.1) is 0 Å². The maximum absolute atomic E-state index is 3.27. The molecule has 0 aliphatic carbocycles. The van der Waals surface area contributed by atoms with Crippen LogP contribution in [0.1, 0.15) is 54.4 Å². The molecular formula is C19H48N4. The van der Waals surface area contributed by atoms with E-state index < -0.39 is 0 Å². The molecule has 3 rings (SSSR count). The van der Waals surface area contributed by atoms with E-state index in [1.54, 1.807) is 0 Å². The molecule has 0 amide bonds. The van der Waals surface area contributed by atoms with Crippen LogP contribution in [0.25, 0.3) is 0 Å². The molecule has 4 nitrogen and oxygen atoms in total. The number of likely N-dealkylation sites (N-methyl/N-ethyl adjacent to an activating group) is 1. The lowest BCUT2D eigenvalue weighted by molar-refractivity contribution is 0.277. The molecule has 3 heterocycles. The minimum absolute atomic E-state index is 0. The van der Waals surface area contributed by atoms with Crippen molar-refractivity contribution in [1.29, 1.82) is 0 Å². The number of piperazine rings is 1. The van der Waals surface area contributed by atoms with Crippen molar-refractivity contribution in [3.63, 3.8) is 0 Å². The monoisotopic (exact) mass is 332 g/mol. The first kappa shape index (κ1) is 27.7. The van der Waals surface area contributed by atoms with Crippen LogP contribution in [0.3, 0.4) is 0 Å². The second-order valence-corrected chi connectivity index (χ2v) is 6.43. The second-order valence-electron chi connectivity index (χ2n) is 6.43. The van der Waals surface area contributed by atoms with Crippen molar-refractivity contribution in [2.75, 3.05) is 73.5 Å². The highest BCUT2D eigenvalue weighted by Crippen LogP contribution is 2.04. The Bertz CT molecular complexity index is 189. The molecule has 0 atom stereocenters. The van der Waals surface area contributed by atoms with E-state index in [0.29, 0.717) is 0 Å². The van der Waals surface area contributed by atoms with Crippen LogP contribution in [0.15, 0.2) is 0 Å². The molecule has 3 aliphatic rings. The standard InChI is InChI=1S/C6H13N.C5H12N2.C5H11N.3CH4/c1-7-5-3-2-4-6-7;1-7-4-2-6-3-5-7;1-6-4-2-3-5-6;;;/h2-6H2,1H3;6H,2-5H2,1H3;2-5H2,1H3;3*1H4. The second kappa shape index (κ2) is 18.2. The first-order valence-corrected chi connectivity index (χ1v) is 8.45. The zero-order chi connectivity index (χ0) is 14.6. The minimum atomic E-state index is 0. The third-order valence-corrected chi connectivity index (χ3v) is 4.25. The van der Waals surface area contributed by atoms with E-state index in [1.807, 2.05) is 0 Å². The molecule has 144 valence electrons. The maximum Gasteiger partial charge on any atom is 0.0104 e. The molecule has 0 radical (unpaired) electrons. The molecule has 0 bridgehead atoms. The Labute approximate surface area is 148 Å². The van der Waals surface area contributed by atoms with E-state index >= 15 is 0 Å². The Morgan fingerprint density at radius 3 is 0.957 bits per heavy atom. The van der Waals surface area contributed by atoms with Gasteiger partial charge in [0.25, 0.3) is 0 Å². The fourth-order valence-corrected chi connectivity index (χ4v) is 2.70. The third-order valence-electron chi connectivity index (χ3n) is 4.25. The number of hydrogen-bond acceptors (Lipinski definition) is 4. The topological polar surface area (TPSA) is 21.8 Å². The summed E-state index contributed by atoms with van der Waals surface area (Å²) in [6.07, 6.45) is 7.10. The highest BCUT2D eigenvalue weighted by molar-refractivity contribution is 4.62. The number of rotatable bonds is 0. The van der Waals surface area contributed by atoms with Crippen molar-refractivity contribution in [2.45, 2.75) is 54.4 Å². The molecule has 1 N–H and O–H groups in total. The van der Waals surface area contributed by atoms with Gasteiger partial charge in [-0.1, -0.05) is 28.7 Å². The Balaban J connectivity index is -0.000000246. The average molecular weight is 333 g/mol. The fourth-order valence-electron chi connectivity index (χ4n) is 2.70. The van der Waals surface area contributed by atoms with Crippen LogP contribution in [0.4, 0.5) is 0 Å². The van der Waals surface area contributed by atoms with Crippen LogP contribution < -0.4 is 5.32 Å². The summed E-state index contributed by atoms with van der Waals surface area (Å²) in [7, 11) is 6.52. The predicted molar refractivity (Wildman–Crippen MR) is 109 cm³/mol. The Morgan fingerprint density at radius 2 is 0.783 bits per heavy atom. The first-order chi connectivity index (χ1) is 9.68. The van der Waals surface area contributed by atoms with Gasteiger partial charge in [-0.2, -0.15) is 0 Å². The van der Waals surface area contributed by atoms with E-state index in [2.05, 4.69) is 41.2 Å². The van der Waals surface area contributed by atoms with Gasteiger partial charge < -0.3 is 20.0 Å². The van der Waals surface area contributed by atoms with Gasteiger partial charge in [0.05, 0.1) is 0 Å². The van der Waals surface area contributed by atoms with Gasteiger partial charge in [-0.05, 0) is 73.0 Å². The molecule has 3 fully saturated rings. The van der Waals surface area contributed by atoms with Crippen molar-refractivity contribution in [3.05, 3.63) is 0 Å². The number of nitrogens with one attached hydrogen (secondary N) is 1. The number of hydrogen-bond donors (Lipinski definition) is 1. The smallest absolute Gasteiger partial charge is 0.0104 e. The van der Waals surface area contributed by atoms with Crippen molar-refractivity contribution >= 4 is 0 Å². The molecular weight excluding hydrogens is 284 g/mol. The third kappa shape index (κ3) is 16.5. The molecule has 0 spiro atoms. The molecule has 0 saturated carbocycles. The highest BCUT2D eigenvalue weighted by atomic mass is 15.2. The van der Waals surface area contributed by atoms with Gasteiger partial charge in [0.1, 0.15) is 0 Å². The van der Waals surface area contributed by atoms with Gasteiger partial charge in [-0.25, -0.2) is 0 Å². The summed E-state index contributed by atoms with van der Waals surface area (Å²) in [5, 5.41) is 3.27. The molecule has 0 aromatic heterocycles. The molecule has 0 aromatic carbocycles. The summed E-state index contributed by atoms with van der Waals surface area (Å²) in [6, 6.07) is 0. The zero-order valence-corrected chi connectivity index (χ0v) is 14.0. The van der Waals surface area contributed by atoms with E-state index in [9.17, 15) is 0 Å². The summed E-state index contributed by atoms with van der Waals surface area (Å²) in [5.41, 5.74) is 0. The molecule has 3 aliphatic heterocycles. The average Bonchev–Trinajstić information content (AvgIpc) is 2.93. The summed E-state index contributed by atoms with van der Waals surface area (Å²) < 4.78 is 0. The number of piperidine rings is 1. The van der Waals surface area contributed by atoms with Gasteiger partial charge >= 0.3 is 0 Å². The summed E-state index contributed by atoms with van der Waals surface area (Å²) >= 11 is 0. The lowest BCUT2D eigenvalue weighted by atomic mass is 10.1. The van der Waals surface area contributed by atoms with Crippen LogP contribution in [0.5, 0.6) is 0 Å². The predicted octanol–water partition coefficient (Wildman–Crippen LogP) is 3.24. The Morgan fingerprint density at radius 1 is 0.478 bits per heavy atom. The van der Waals surface area contributed by atoms with Crippen LogP contribution in [-0.2, 0) is 0 Å². The van der Waals surface area contributed by atoms with Gasteiger partial charge in [0.15, 0.2) is 0 Å². The van der Waals surface area contributed by atoms with Gasteiger partial charge in [0, 0.05) is 26.2 Å².